The number of nitrogens with two attached hydrogens (primary N) is 1. The molecule has 0 bridgehead atoms. The maximum Gasteiger partial charge on any atom is 0.121 e. The van der Waals surface area contributed by atoms with Crippen LogP contribution < -0.4 is 20.5 Å². The number of hydrogen-bond donors (Lipinski definition) is 2. The van der Waals surface area contributed by atoms with Gasteiger partial charge in [-0.05, 0) is 30.8 Å². The molecule has 26 heavy (non-hydrogen) atoms. The Labute approximate surface area is 173 Å². The predicted molar refractivity (Wildman–Crippen MR) is 109 cm³/mol. The van der Waals surface area contributed by atoms with Gasteiger partial charge in [-0.3, -0.25) is 0 Å². The lowest BCUT2D eigenvalue weighted by atomic mass is 9.93. The minimum atomic E-state index is -0.593. The molecule has 0 saturated carbocycles. The molecular formula is C18H20Cl4N2O2. The third kappa shape index (κ3) is 4.50. The smallest absolute Gasteiger partial charge is 0.121 e. The van der Waals surface area contributed by atoms with E-state index in [1.807, 2.05) is 6.92 Å². The number of benzene rings is 2. The first-order chi connectivity index (χ1) is 12.3. The van der Waals surface area contributed by atoms with Crippen molar-refractivity contribution in [1.82, 2.24) is 5.32 Å². The fourth-order valence-electron chi connectivity index (χ4n) is 2.77. The Balaban J connectivity index is 2.55. The summed E-state index contributed by atoms with van der Waals surface area (Å²) in [5.41, 5.74) is 7.78. The Bertz CT molecular complexity index is 740. The molecule has 0 spiro atoms. The van der Waals surface area contributed by atoms with E-state index >= 15 is 0 Å². The highest BCUT2D eigenvalue weighted by Crippen LogP contribution is 2.43. The quantitative estimate of drug-likeness (QED) is 0.585. The van der Waals surface area contributed by atoms with E-state index in [1.165, 1.54) is 0 Å². The number of hydrogen-bond acceptors (Lipinski definition) is 4. The molecule has 2 atom stereocenters. The van der Waals surface area contributed by atoms with Crippen LogP contribution in [-0.2, 0) is 0 Å². The van der Waals surface area contributed by atoms with E-state index in [4.69, 9.17) is 61.6 Å². The zero-order valence-electron chi connectivity index (χ0n) is 14.6. The Morgan fingerprint density at radius 2 is 1.23 bits per heavy atom. The zero-order chi connectivity index (χ0) is 19.4. The summed E-state index contributed by atoms with van der Waals surface area (Å²) in [4.78, 5) is 0. The molecule has 0 aliphatic rings. The predicted octanol–water partition coefficient (Wildman–Crippen LogP) is 5.67. The molecule has 0 heterocycles. The van der Waals surface area contributed by atoms with Crippen molar-refractivity contribution in [2.45, 2.75) is 19.0 Å². The van der Waals surface area contributed by atoms with Gasteiger partial charge in [0.2, 0.25) is 0 Å². The van der Waals surface area contributed by atoms with Crippen LogP contribution in [0.3, 0.4) is 0 Å². The number of methoxy groups -OCH3 is 2. The van der Waals surface area contributed by atoms with Crippen LogP contribution in [0, 0.1) is 0 Å². The Kier molecular flexibility index (Phi) is 7.71. The summed E-state index contributed by atoms with van der Waals surface area (Å²) < 4.78 is 10.4. The van der Waals surface area contributed by atoms with E-state index in [0.29, 0.717) is 49.3 Å². The zero-order valence-corrected chi connectivity index (χ0v) is 17.6. The number of ether oxygens (including phenoxy) is 2. The van der Waals surface area contributed by atoms with E-state index in [2.05, 4.69) is 5.32 Å². The summed E-state index contributed by atoms with van der Waals surface area (Å²) in [5, 5.41) is 5.01. The second-order valence-electron chi connectivity index (χ2n) is 5.57. The minimum Gasteiger partial charge on any atom is -0.497 e. The summed E-state index contributed by atoms with van der Waals surface area (Å²) >= 11 is 25.7. The van der Waals surface area contributed by atoms with Crippen molar-refractivity contribution in [3.05, 3.63) is 55.5 Å². The van der Waals surface area contributed by atoms with Crippen LogP contribution in [0.1, 0.15) is 30.1 Å². The van der Waals surface area contributed by atoms with E-state index in [-0.39, 0.29) is 0 Å². The third-order valence-electron chi connectivity index (χ3n) is 4.00. The number of rotatable bonds is 7. The van der Waals surface area contributed by atoms with Crippen LogP contribution in [0.25, 0.3) is 0 Å². The minimum absolute atomic E-state index is 0.408. The lowest BCUT2D eigenvalue weighted by Gasteiger charge is -2.29. The number of nitrogens with one attached hydrogen (secondary N) is 1. The first-order valence-corrected chi connectivity index (χ1v) is 9.40. The highest BCUT2D eigenvalue weighted by Gasteiger charge is 2.29. The van der Waals surface area contributed by atoms with Gasteiger partial charge in [0.1, 0.15) is 11.5 Å². The van der Waals surface area contributed by atoms with Crippen molar-refractivity contribution in [1.29, 1.82) is 0 Å². The van der Waals surface area contributed by atoms with Crippen molar-refractivity contribution in [3.8, 4) is 11.5 Å². The monoisotopic (exact) mass is 436 g/mol. The molecule has 0 aromatic heterocycles. The Morgan fingerprint density at radius 3 is 1.58 bits per heavy atom. The standard InChI is InChI=1S/C18H20Cl4N2O2/c1-4-24-18(16-13(21)7-10(26-3)8-14(16)22)17(23)15-11(19)5-9(25-2)6-12(15)20/h5-8,17-18,24H,4,23H2,1-3H3/t17-,18-/m0/s1. The van der Waals surface area contributed by atoms with Gasteiger partial charge in [-0.1, -0.05) is 53.3 Å². The molecule has 2 aromatic carbocycles. The summed E-state index contributed by atoms with van der Waals surface area (Å²) in [7, 11) is 3.09. The molecule has 0 aliphatic heterocycles. The SMILES string of the molecule is CCN[C@@H](c1c(Cl)cc(OC)cc1Cl)[C@@H](N)c1c(Cl)cc(OC)cc1Cl. The van der Waals surface area contributed by atoms with Crippen LogP contribution in [0.15, 0.2) is 24.3 Å². The fourth-order valence-corrected chi connectivity index (χ4v) is 4.19. The molecule has 0 aliphatic carbocycles. The number of likely N-dealkylation sites (N-methyl/N-ethyl adjacent to an activating group) is 1. The molecule has 8 heteroatoms. The second-order valence-corrected chi connectivity index (χ2v) is 7.20. The van der Waals surface area contributed by atoms with Gasteiger partial charge in [-0.15, -0.1) is 0 Å². The Morgan fingerprint density at radius 1 is 0.846 bits per heavy atom. The van der Waals surface area contributed by atoms with Gasteiger partial charge in [0.25, 0.3) is 0 Å². The van der Waals surface area contributed by atoms with E-state index in [0.717, 1.165) is 0 Å². The third-order valence-corrected chi connectivity index (χ3v) is 5.25. The largest absolute Gasteiger partial charge is 0.497 e. The fraction of sp³-hybridized carbons (Fsp3) is 0.333. The molecule has 142 valence electrons. The molecule has 3 N–H and O–H groups in total. The summed E-state index contributed by atoms with van der Waals surface area (Å²) in [6.07, 6.45) is 0. The van der Waals surface area contributed by atoms with Crippen LogP contribution >= 0.6 is 46.4 Å². The van der Waals surface area contributed by atoms with Crippen molar-refractivity contribution >= 4 is 46.4 Å². The van der Waals surface area contributed by atoms with Crippen molar-refractivity contribution in [3.63, 3.8) is 0 Å². The van der Waals surface area contributed by atoms with Gasteiger partial charge < -0.3 is 20.5 Å². The van der Waals surface area contributed by atoms with Crippen molar-refractivity contribution in [2.24, 2.45) is 5.73 Å². The highest BCUT2D eigenvalue weighted by atomic mass is 35.5. The molecule has 0 saturated heterocycles. The molecule has 4 nitrogen and oxygen atoms in total. The van der Waals surface area contributed by atoms with E-state index in [9.17, 15) is 0 Å². The number of halogens is 4. The molecule has 0 radical (unpaired) electrons. The summed E-state index contributed by atoms with van der Waals surface area (Å²) in [6.45, 7) is 2.60. The second kappa shape index (κ2) is 9.36. The average molecular weight is 438 g/mol. The first-order valence-electron chi connectivity index (χ1n) is 7.88. The molecular weight excluding hydrogens is 418 g/mol. The van der Waals surface area contributed by atoms with Crippen LogP contribution in [0.5, 0.6) is 11.5 Å². The van der Waals surface area contributed by atoms with Gasteiger partial charge in [0, 0.05) is 11.1 Å². The molecule has 0 unspecified atom stereocenters. The molecule has 2 rings (SSSR count). The molecule has 0 fully saturated rings. The average Bonchev–Trinajstić information content (AvgIpc) is 2.59. The lowest BCUT2D eigenvalue weighted by Crippen LogP contribution is -2.32. The van der Waals surface area contributed by atoms with Crippen LogP contribution in [-0.4, -0.2) is 20.8 Å². The van der Waals surface area contributed by atoms with Crippen molar-refractivity contribution < 1.29 is 9.47 Å². The first kappa shape index (κ1) is 21.4. The molecule has 0 amide bonds. The van der Waals surface area contributed by atoms with Crippen LogP contribution in [0.4, 0.5) is 0 Å². The normalized spacial score (nSPS) is 13.4. The highest BCUT2D eigenvalue weighted by molar-refractivity contribution is 6.37. The van der Waals surface area contributed by atoms with Gasteiger partial charge >= 0.3 is 0 Å². The van der Waals surface area contributed by atoms with Gasteiger partial charge in [0.05, 0.1) is 46.4 Å². The lowest BCUT2D eigenvalue weighted by molar-refractivity contribution is 0.412. The van der Waals surface area contributed by atoms with Crippen molar-refractivity contribution in [2.75, 3.05) is 20.8 Å². The Hall–Kier alpha value is -0.880. The summed E-state index contributed by atoms with van der Waals surface area (Å²) in [5.74, 6) is 1.12. The maximum atomic E-state index is 6.54. The van der Waals surface area contributed by atoms with E-state index in [1.54, 1.807) is 38.5 Å². The van der Waals surface area contributed by atoms with Gasteiger partial charge in [0.15, 0.2) is 0 Å². The van der Waals surface area contributed by atoms with Crippen LogP contribution in [0.2, 0.25) is 20.1 Å². The van der Waals surface area contributed by atoms with Gasteiger partial charge in [-0.25, -0.2) is 0 Å². The maximum absolute atomic E-state index is 6.54. The molecule has 2 aromatic rings. The topological polar surface area (TPSA) is 56.5 Å². The van der Waals surface area contributed by atoms with E-state index < -0.39 is 12.1 Å². The van der Waals surface area contributed by atoms with Gasteiger partial charge in [-0.2, -0.15) is 0 Å². The summed E-state index contributed by atoms with van der Waals surface area (Å²) in [6, 6.07) is 5.72.